The van der Waals surface area contributed by atoms with E-state index < -0.39 is 5.91 Å². The molecule has 0 unspecified atom stereocenters. The molecule has 0 aliphatic rings. The van der Waals surface area contributed by atoms with E-state index in [1.54, 1.807) is 31.3 Å². The first-order valence-corrected chi connectivity index (χ1v) is 9.93. The van der Waals surface area contributed by atoms with Crippen molar-refractivity contribution in [2.45, 2.75) is 20.0 Å². The predicted molar refractivity (Wildman–Crippen MR) is 113 cm³/mol. The van der Waals surface area contributed by atoms with Crippen molar-refractivity contribution in [2.24, 2.45) is 7.05 Å². The summed E-state index contributed by atoms with van der Waals surface area (Å²) in [5.41, 5.74) is 0.540. The average Bonchev–Trinajstić information content (AvgIpc) is 3.34. The third-order valence-corrected chi connectivity index (χ3v) is 4.91. The molecular weight excluding hydrogens is 431 g/mol. The number of nitrogens with zero attached hydrogens (tertiary/aromatic N) is 2. The first kappa shape index (κ1) is 21.7. The second kappa shape index (κ2) is 9.69. The summed E-state index contributed by atoms with van der Waals surface area (Å²) in [7, 11) is 1.62. The van der Waals surface area contributed by atoms with E-state index in [1.165, 1.54) is 16.9 Å². The number of aromatic nitrogens is 2. The molecule has 1 aromatic carbocycles. The van der Waals surface area contributed by atoms with Crippen LogP contribution in [0, 0.1) is 0 Å². The van der Waals surface area contributed by atoms with Gasteiger partial charge in [0.25, 0.3) is 11.8 Å². The monoisotopic (exact) mass is 450 g/mol. The number of carbonyl (C=O) groups is 2. The minimum absolute atomic E-state index is 0.0604. The summed E-state index contributed by atoms with van der Waals surface area (Å²) >= 11 is 12.0. The van der Waals surface area contributed by atoms with Crippen LogP contribution in [0.25, 0.3) is 0 Å². The summed E-state index contributed by atoms with van der Waals surface area (Å²) in [5.74, 6) is 0.0566. The molecule has 30 heavy (non-hydrogen) atoms. The molecule has 0 spiro atoms. The van der Waals surface area contributed by atoms with E-state index in [0.717, 1.165) is 6.42 Å². The molecule has 158 valence electrons. The largest absolute Gasteiger partial charge is 0.484 e. The van der Waals surface area contributed by atoms with Crippen LogP contribution in [-0.2, 0) is 13.7 Å². The van der Waals surface area contributed by atoms with Crippen molar-refractivity contribution < 1.29 is 18.7 Å². The van der Waals surface area contributed by atoms with Gasteiger partial charge in [-0.3, -0.25) is 14.3 Å². The third kappa shape index (κ3) is 4.95. The molecule has 0 saturated heterocycles. The zero-order valence-electron chi connectivity index (χ0n) is 16.4. The van der Waals surface area contributed by atoms with E-state index in [2.05, 4.69) is 15.7 Å². The quantitative estimate of drug-likeness (QED) is 0.533. The van der Waals surface area contributed by atoms with Gasteiger partial charge in [0.15, 0.2) is 5.76 Å². The van der Waals surface area contributed by atoms with Crippen molar-refractivity contribution in [1.82, 2.24) is 15.1 Å². The van der Waals surface area contributed by atoms with Gasteiger partial charge >= 0.3 is 0 Å². The Morgan fingerprint density at radius 3 is 2.77 bits per heavy atom. The number of nitrogens with one attached hydrogen (secondary N) is 2. The maximum absolute atomic E-state index is 12.5. The molecule has 2 N–H and O–H groups in total. The number of aryl methyl sites for hydroxylation is 1. The van der Waals surface area contributed by atoms with Crippen molar-refractivity contribution in [2.75, 3.05) is 11.9 Å². The van der Waals surface area contributed by atoms with Crippen LogP contribution in [0.5, 0.6) is 5.75 Å². The molecule has 2 heterocycles. The van der Waals surface area contributed by atoms with Gasteiger partial charge < -0.3 is 19.8 Å². The van der Waals surface area contributed by atoms with Crippen LogP contribution in [0.2, 0.25) is 10.0 Å². The fourth-order valence-corrected chi connectivity index (χ4v) is 2.97. The summed E-state index contributed by atoms with van der Waals surface area (Å²) in [6, 6.07) is 8.18. The molecule has 10 heteroatoms. The first-order valence-electron chi connectivity index (χ1n) is 9.17. The summed E-state index contributed by atoms with van der Waals surface area (Å²) in [4.78, 5) is 24.9. The van der Waals surface area contributed by atoms with Gasteiger partial charge in [0.2, 0.25) is 0 Å². The molecule has 3 aromatic rings. The number of hydrogen-bond acceptors (Lipinski definition) is 5. The summed E-state index contributed by atoms with van der Waals surface area (Å²) < 4.78 is 12.5. The molecule has 0 aliphatic carbocycles. The van der Waals surface area contributed by atoms with Crippen LogP contribution in [-0.4, -0.2) is 28.1 Å². The van der Waals surface area contributed by atoms with Gasteiger partial charge in [-0.05, 0) is 30.7 Å². The minimum atomic E-state index is -0.514. The summed E-state index contributed by atoms with van der Waals surface area (Å²) in [6.07, 6.45) is 2.20. The van der Waals surface area contributed by atoms with Crippen LogP contribution in [0.4, 0.5) is 5.69 Å². The van der Waals surface area contributed by atoms with E-state index in [9.17, 15) is 9.59 Å². The highest BCUT2D eigenvalue weighted by Crippen LogP contribution is 2.32. The first-order chi connectivity index (χ1) is 14.4. The van der Waals surface area contributed by atoms with Crippen molar-refractivity contribution in [1.29, 1.82) is 0 Å². The Kier molecular flexibility index (Phi) is 7.02. The van der Waals surface area contributed by atoms with Crippen molar-refractivity contribution in [3.8, 4) is 5.75 Å². The van der Waals surface area contributed by atoms with E-state index >= 15 is 0 Å². The van der Waals surface area contributed by atoms with Gasteiger partial charge in [-0.25, -0.2) is 0 Å². The Hall–Kier alpha value is -2.97. The van der Waals surface area contributed by atoms with E-state index in [0.29, 0.717) is 28.1 Å². The lowest BCUT2D eigenvalue weighted by atomic mass is 10.3. The molecule has 0 aliphatic heterocycles. The molecule has 0 saturated carbocycles. The van der Waals surface area contributed by atoms with Crippen molar-refractivity contribution in [3.63, 3.8) is 0 Å². The van der Waals surface area contributed by atoms with E-state index in [1.807, 2.05) is 6.92 Å². The summed E-state index contributed by atoms with van der Waals surface area (Å²) in [5, 5.41) is 10.1. The van der Waals surface area contributed by atoms with Crippen LogP contribution in [0.1, 0.15) is 40.1 Å². The normalized spacial score (nSPS) is 10.7. The highest BCUT2D eigenvalue weighted by atomic mass is 35.5. The smallest absolute Gasteiger partial charge is 0.291 e. The maximum atomic E-state index is 12.5. The Bertz CT molecular complexity index is 1060. The Morgan fingerprint density at radius 1 is 1.20 bits per heavy atom. The fourth-order valence-electron chi connectivity index (χ4n) is 2.63. The molecule has 0 radical (unpaired) electrons. The number of hydrogen-bond donors (Lipinski definition) is 2. The number of amides is 2. The lowest BCUT2D eigenvalue weighted by Gasteiger charge is -2.08. The average molecular weight is 451 g/mol. The zero-order chi connectivity index (χ0) is 21.7. The number of anilines is 1. The fraction of sp³-hybridized carbons (Fsp3) is 0.250. The number of carbonyl (C=O) groups excluding carboxylic acids is 2. The van der Waals surface area contributed by atoms with E-state index in [-0.39, 0.29) is 29.7 Å². The van der Waals surface area contributed by atoms with Gasteiger partial charge in [-0.1, -0.05) is 36.2 Å². The standard InChI is InChI=1S/C20H20Cl2N4O4/c1-3-9-23-20(28)18-14(10-24-26(18)2)25-19(27)16-8-7-12(30-16)11-29-15-6-4-5-13(21)17(15)22/h4-8,10H,3,9,11H2,1-2H3,(H,23,28)(H,25,27). The van der Waals surface area contributed by atoms with Gasteiger partial charge in [0, 0.05) is 13.6 Å². The Morgan fingerprint density at radius 2 is 2.00 bits per heavy atom. The predicted octanol–water partition coefficient (Wildman–Crippen LogP) is 4.29. The van der Waals surface area contributed by atoms with Crippen LogP contribution < -0.4 is 15.4 Å². The van der Waals surface area contributed by atoms with Crippen LogP contribution in [0.15, 0.2) is 40.9 Å². The highest BCUT2D eigenvalue weighted by molar-refractivity contribution is 6.42. The van der Waals surface area contributed by atoms with E-state index in [4.69, 9.17) is 32.4 Å². The van der Waals surface area contributed by atoms with Crippen molar-refractivity contribution in [3.05, 3.63) is 63.8 Å². The second-order valence-corrected chi connectivity index (χ2v) is 7.13. The SMILES string of the molecule is CCCNC(=O)c1c(NC(=O)c2ccc(COc3cccc(Cl)c3Cl)o2)cnn1C. The molecule has 8 nitrogen and oxygen atoms in total. The van der Waals surface area contributed by atoms with Gasteiger partial charge in [-0.15, -0.1) is 0 Å². The highest BCUT2D eigenvalue weighted by Gasteiger charge is 2.20. The molecule has 3 rings (SSSR count). The lowest BCUT2D eigenvalue weighted by Crippen LogP contribution is -2.27. The Labute approximate surface area is 183 Å². The van der Waals surface area contributed by atoms with Gasteiger partial charge in [0.05, 0.1) is 16.9 Å². The zero-order valence-corrected chi connectivity index (χ0v) is 17.9. The second-order valence-electron chi connectivity index (χ2n) is 6.35. The maximum Gasteiger partial charge on any atom is 0.291 e. The molecular formula is C20H20Cl2N4O4. The number of benzene rings is 1. The molecule has 0 bridgehead atoms. The third-order valence-electron chi connectivity index (χ3n) is 4.11. The molecule has 0 fully saturated rings. The van der Waals surface area contributed by atoms with Crippen LogP contribution in [0.3, 0.4) is 0 Å². The molecule has 2 aromatic heterocycles. The Balaban J connectivity index is 1.66. The molecule has 0 atom stereocenters. The topological polar surface area (TPSA) is 98.4 Å². The minimum Gasteiger partial charge on any atom is -0.484 e. The molecule has 2 amide bonds. The number of halogens is 2. The van der Waals surface area contributed by atoms with Crippen molar-refractivity contribution >= 4 is 40.7 Å². The number of ether oxygens (including phenoxy) is 1. The number of rotatable bonds is 8. The van der Waals surface area contributed by atoms with Crippen LogP contribution >= 0.6 is 23.2 Å². The summed E-state index contributed by atoms with van der Waals surface area (Å²) in [6.45, 7) is 2.53. The van der Waals surface area contributed by atoms with Gasteiger partial charge in [0.1, 0.15) is 28.8 Å². The number of furan rings is 1. The van der Waals surface area contributed by atoms with Gasteiger partial charge in [-0.2, -0.15) is 5.10 Å². The lowest BCUT2D eigenvalue weighted by molar-refractivity contribution is 0.0945.